The Labute approximate surface area is 110 Å². The summed E-state index contributed by atoms with van der Waals surface area (Å²) in [5.74, 6) is 1.65. The Hall–Kier alpha value is -1.22. The van der Waals surface area contributed by atoms with E-state index in [2.05, 4.69) is 24.1 Å². The Bertz CT molecular complexity index is 375. The molecule has 1 aromatic carbocycles. The topological polar surface area (TPSA) is 38.5 Å². The lowest BCUT2D eigenvalue weighted by Crippen LogP contribution is -2.42. The molecule has 0 saturated heterocycles. The first kappa shape index (κ1) is 13.2. The van der Waals surface area contributed by atoms with E-state index in [0.29, 0.717) is 6.04 Å². The molecule has 0 aromatic heterocycles. The number of nitrogens with two attached hydrogens (primary N) is 1. The third-order valence-corrected chi connectivity index (χ3v) is 4.14. The molecule has 0 amide bonds. The molecule has 0 radical (unpaired) electrons. The minimum Gasteiger partial charge on any atom is -0.497 e. The van der Waals surface area contributed by atoms with Gasteiger partial charge in [0.15, 0.2) is 0 Å². The third kappa shape index (κ3) is 2.78. The quantitative estimate of drug-likeness (QED) is 0.870. The number of methoxy groups -OCH3 is 1. The molecule has 18 heavy (non-hydrogen) atoms. The second-order valence-electron chi connectivity index (χ2n) is 5.16. The summed E-state index contributed by atoms with van der Waals surface area (Å²) in [6, 6.07) is 8.66. The maximum Gasteiger partial charge on any atom is 0.120 e. The molecule has 1 atom stereocenters. The van der Waals surface area contributed by atoms with E-state index in [4.69, 9.17) is 10.5 Å². The van der Waals surface area contributed by atoms with E-state index in [0.717, 1.165) is 18.2 Å². The van der Waals surface area contributed by atoms with E-state index in [1.807, 2.05) is 12.1 Å². The minimum atomic E-state index is 0.444. The van der Waals surface area contributed by atoms with Crippen molar-refractivity contribution in [1.29, 1.82) is 0 Å². The van der Waals surface area contributed by atoms with Gasteiger partial charge in [-0.05, 0) is 30.9 Å². The normalized spacial score (nSPS) is 17.7. The predicted molar refractivity (Wildman–Crippen MR) is 76.2 cm³/mol. The van der Waals surface area contributed by atoms with Gasteiger partial charge in [-0.15, -0.1) is 0 Å². The molecule has 0 bridgehead atoms. The summed E-state index contributed by atoms with van der Waals surface area (Å²) in [5, 5.41) is 0. The van der Waals surface area contributed by atoms with Gasteiger partial charge in [0, 0.05) is 31.4 Å². The van der Waals surface area contributed by atoms with Crippen molar-refractivity contribution in [2.24, 2.45) is 11.7 Å². The maximum atomic E-state index is 5.99. The molecule has 1 aromatic rings. The van der Waals surface area contributed by atoms with Crippen molar-refractivity contribution in [3.05, 3.63) is 24.3 Å². The third-order valence-electron chi connectivity index (χ3n) is 4.14. The summed E-state index contributed by atoms with van der Waals surface area (Å²) >= 11 is 0. The number of hydrogen-bond donors (Lipinski definition) is 1. The maximum absolute atomic E-state index is 5.99. The molecule has 1 aliphatic carbocycles. The molecule has 2 N–H and O–H groups in total. The second-order valence-corrected chi connectivity index (χ2v) is 5.16. The van der Waals surface area contributed by atoms with Gasteiger partial charge in [-0.25, -0.2) is 0 Å². The molecule has 1 unspecified atom stereocenters. The summed E-state index contributed by atoms with van der Waals surface area (Å²) in [4.78, 5) is 2.32. The molecule has 3 heteroatoms. The molecule has 3 nitrogen and oxygen atoms in total. The summed E-state index contributed by atoms with van der Waals surface area (Å²) in [7, 11) is 3.85. The Morgan fingerprint density at radius 3 is 2.72 bits per heavy atom. The van der Waals surface area contributed by atoms with Gasteiger partial charge in [-0.1, -0.05) is 18.9 Å². The molecule has 1 fully saturated rings. The molecule has 1 aliphatic rings. The van der Waals surface area contributed by atoms with Crippen LogP contribution in [0.4, 0.5) is 5.69 Å². The van der Waals surface area contributed by atoms with Gasteiger partial charge in [-0.3, -0.25) is 0 Å². The smallest absolute Gasteiger partial charge is 0.120 e. The first-order valence-corrected chi connectivity index (χ1v) is 6.83. The highest BCUT2D eigenvalue weighted by Gasteiger charge is 2.27. The highest BCUT2D eigenvalue weighted by Crippen LogP contribution is 2.32. The van der Waals surface area contributed by atoms with E-state index >= 15 is 0 Å². The fourth-order valence-electron chi connectivity index (χ4n) is 3.03. The van der Waals surface area contributed by atoms with Crippen molar-refractivity contribution in [3.63, 3.8) is 0 Å². The largest absolute Gasteiger partial charge is 0.497 e. The van der Waals surface area contributed by atoms with Crippen LogP contribution in [-0.2, 0) is 0 Å². The molecular weight excluding hydrogens is 224 g/mol. The second kappa shape index (κ2) is 6.10. The van der Waals surface area contributed by atoms with Gasteiger partial charge in [0.25, 0.3) is 0 Å². The van der Waals surface area contributed by atoms with E-state index in [-0.39, 0.29) is 0 Å². The fourth-order valence-corrected chi connectivity index (χ4v) is 3.03. The average Bonchev–Trinajstić information content (AvgIpc) is 2.93. The molecular formula is C15H24N2O. The summed E-state index contributed by atoms with van der Waals surface area (Å²) in [6.45, 7) is 0.721. The number of hydrogen-bond acceptors (Lipinski definition) is 3. The van der Waals surface area contributed by atoms with Gasteiger partial charge in [-0.2, -0.15) is 0 Å². The monoisotopic (exact) mass is 248 g/mol. The van der Waals surface area contributed by atoms with Crippen molar-refractivity contribution < 1.29 is 4.74 Å². The van der Waals surface area contributed by atoms with Gasteiger partial charge >= 0.3 is 0 Å². The Morgan fingerprint density at radius 2 is 2.11 bits per heavy atom. The lowest BCUT2D eigenvalue weighted by atomic mass is 9.96. The lowest BCUT2D eigenvalue weighted by Gasteiger charge is -2.33. The van der Waals surface area contributed by atoms with Crippen LogP contribution in [0.3, 0.4) is 0 Å². The zero-order chi connectivity index (χ0) is 13.0. The number of ether oxygens (including phenoxy) is 1. The number of anilines is 1. The van der Waals surface area contributed by atoms with Gasteiger partial charge in [0.1, 0.15) is 5.75 Å². The Kier molecular flexibility index (Phi) is 4.48. The summed E-state index contributed by atoms with van der Waals surface area (Å²) in [6.07, 6.45) is 5.34. The molecule has 0 spiro atoms. The van der Waals surface area contributed by atoms with Crippen LogP contribution in [0.1, 0.15) is 25.7 Å². The van der Waals surface area contributed by atoms with Crippen LogP contribution in [0.25, 0.3) is 0 Å². The lowest BCUT2D eigenvalue weighted by molar-refractivity contribution is 0.411. The summed E-state index contributed by atoms with van der Waals surface area (Å²) < 4.78 is 5.29. The van der Waals surface area contributed by atoms with Gasteiger partial charge in [0.2, 0.25) is 0 Å². The zero-order valence-electron chi connectivity index (χ0n) is 11.4. The zero-order valence-corrected chi connectivity index (χ0v) is 11.4. The molecule has 0 heterocycles. The van der Waals surface area contributed by atoms with E-state index in [9.17, 15) is 0 Å². The molecule has 0 aliphatic heterocycles. The van der Waals surface area contributed by atoms with Crippen LogP contribution in [0.15, 0.2) is 24.3 Å². The first-order valence-electron chi connectivity index (χ1n) is 6.83. The van der Waals surface area contributed by atoms with Crippen LogP contribution in [0, 0.1) is 5.92 Å². The van der Waals surface area contributed by atoms with Gasteiger partial charge in [0.05, 0.1) is 7.11 Å². The highest BCUT2D eigenvalue weighted by atomic mass is 16.5. The van der Waals surface area contributed by atoms with Crippen LogP contribution in [0.5, 0.6) is 5.75 Å². The van der Waals surface area contributed by atoms with Crippen LogP contribution < -0.4 is 15.4 Å². The number of nitrogens with zero attached hydrogens (tertiary/aromatic N) is 1. The van der Waals surface area contributed by atoms with Crippen molar-refractivity contribution in [3.8, 4) is 5.75 Å². The Morgan fingerprint density at radius 1 is 1.39 bits per heavy atom. The van der Waals surface area contributed by atoms with Crippen molar-refractivity contribution in [1.82, 2.24) is 0 Å². The number of likely N-dealkylation sites (N-methyl/N-ethyl adjacent to an activating group) is 1. The van der Waals surface area contributed by atoms with Crippen LogP contribution in [0.2, 0.25) is 0 Å². The van der Waals surface area contributed by atoms with Crippen molar-refractivity contribution in [2.45, 2.75) is 31.7 Å². The van der Waals surface area contributed by atoms with Crippen molar-refractivity contribution >= 4 is 5.69 Å². The predicted octanol–water partition coefficient (Wildman–Crippen LogP) is 2.65. The number of benzene rings is 1. The molecule has 2 rings (SSSR count). The first-order chi connectivity index (χ1) is 8.76. The number of rotatable bonds is 5. The van der Waals surface area contributed by atoms with Crippen LogP contribution >= 0.6 is 0 Å². The summed E-state index contributed by atoms with van der Waals surface area (Å²) in [5.41, 5.74) is 7.18. The van der Waals surface area contributed by atoms with E-state index in [1.54, 1.807) is 7.11 Å². The molecule has 1 saturated carbocycles. The van der Waals surface area contributed by atoms with Crippen molar-refractivity contribution in [2.75, 3.05) is 25.6 Å². The van der Waals surface area contributed by atoms with Crippen LogP contribution in [-0.4, -0.2) is 26.7 Å². The SMILES string of the molecule is COc1cccc(N(C)C(CN)C2CCCC2)c1. The van der Waals surface area contributed by atoms with Gasteiger partial charge < -0.3 is 15.4 Å². The highest BCUT2D eigenvalue weighted by molar-refractivity contribution is 5.51. The van der Waals surface area contributed by atoms with E-state index in [1.165, 1.54) is 31.4 Å². The molecule has 100 valence electrons. The minimum absolute atomic E-state index is 0.444. The fraction of sp³-hybridized carbons (Fsp3) is 0.600. The van der Waals surface area contributed by atoms with E-state index < -0.39 is 0 Å². The standard InChI is InChI=1S/C15H24N2O/c1-17(13-8-5-9-14(10-13)18-2)15(11-16)12-6-3-4-7-12/h5,8-10,12,15H,3-4,6-7,11,16H2,1-2H3. The average molecular weight is 248 g/mol. The Balaban J connectivity index is 2.13.